The molecule has 1 aliphatic carbocycles. The third kappa shape index (κ3) is 7.76. The Morgan fingerprint density at radius 1 is 1.16 bits per heavy atom. The van der Waals surface area contributed by atoms with Crippen LogP contribution in [0.3, 0.4) is 0 Å². The van der Waals surface area contributed by atoms with Crippen LogP contribution in [0, 0.1) is 5.92 Å². The van der Waals surface area contributed by atoms with Crippen molar-refractivity contribution in [3.8, 4) is 5.75 Å². The van der Waals surface area contributed by atoms with Gasteiger partial charge in [0.15, 0.2) is 11.5 Å². The predicted octanol–water partition coefficient (Wildman–Crippen LogP) is 3.43. The van der Waals surface area contributed by atoms with Crippen LogP contribution in [0.2, 0.25) is 0 Å². The highest BCUT2D eigenvalue weighted by Gasteiger charge is 2.32. The van der Waals surface area contributed by atoms with E-state index in [9.17, 15) is 9.59 Å². The molecule has 0 saturated carbocycles. The second kappa shape index (κ2) is 14.6. The summed E-state index contributed by atoms with van der Waals surface area (Å²) in [5.41, 5.74) is 5.68. The van der Waals surface area contributed by atoms with Crippen LogP contribution in [0.25, 0.3) is 0 Å². The fraction of sp³-hybridized carbons (Fsp3) is 0.515. The van der Waals surface area contributed by atoms with Gasteiger partial charge in [-0.25, -0.2) is 9.80 Å². The number of piperidine rings is 1. The van der Waals surface area contributed by atoms with Gasteiger partial charge >= 0.3 is 0 Å². The largest absolute Gasteiger partial charge is 0.493 e. The molecule has 4 aliphatic rings. The summed E-state index contributed by atoms with van der Waals surface area (Å²) < 4.78 is 17.6. The van der Waals surface area contributed by atoms with Gasteiger partial charge in [0, 0.05) is 43.5 Å². The first-order valence-corrected chi connectivity index (χ1v) is 15.4. The van der Waals surface area contributed by atoms with Crippen LogP contribution in [0.1, 0.15) is 49.9 Å². The van der Waals surface area contributed by atoms with Gasteiger partial charge in [-0.15, -0.1) is 0 Å². The van der Waals surface area contributed by atoms with E-state index in [0.29, 0.717) is 61.4 Å². The van der Waals surface area contributed by atoms with Crippen molar-refractivity contribution in [3.63, 3.8) is 0 Å². The highest BCUT2D eigenvalue weighted by molar-refractivity contribution is 5.97. The molecular formula is C33H43N5O5. The van der Waals surface area contributed by atoms with Gasteiger partial charge in [-0.3, -0.25) is 15.2 Å². The second-order valence-corrected chi connectivity index (χ2v) is 11.6. The molecule has 0 radical (unpaired) electrons. The lowest BCUT2D eigenvalue weighted by Crippen LogP contribution is -2.53. The third-order valence-corrected chi connectivity index (χ3v) is 8.14. The Balaban J connectivity index is 1.20. The Labute approximate surface area is 254 Å². The van der Waals surface area contributed by atoms with E-state index in [4.69, 9.17) is 14.2 Å². The lowest BCUT2D eigenvalue weighted by atomic mass is 9.92. The molecule has 0 bridgehead atoms. The first kappa shape index (κ1) is 30.6. The monoisotopic (exact) mass is 589 g/mol. The molecule has 0 aromatic heterocycles. The molecule has 2 atom stereocenters. The highest BCUT2D eigenvalue weighted by atomic mass is 16.5. The summed E-state index contributed by atoms with van der Waals surface area (Å²) in [7, 11) is 1.63. The summed E-state index contributed by atoms with van der Waals surface area (Å²) in [6, 6.07) is 6.87. The maximum Gasteiger partial charge on any atom is 0.265 e. The number of nitrogens with one attached hydrogen (secondary N) is 2. The second-order valence-electron chi connectivity index (χ2n) is 11.6. The van der Waals surface area contributed by atoms with Crippen molar-refractivity contribution in [2.75, 3.05) is 53.0 Å². The molecule has 3 aliphatic heterocycles. The van der Waals surface area contributed by atoms with Gasteiger partial charge in [0.2, 0.25) is 0 Å². The van der Waals surface area contributed by atoms with E-state index in [1.54, 1.807) is 37.6 Å². The number of dihydropyridines is 1. The van der Waals surface area contributed by atoms with Gasteiger partial charge in [-0.2, -0.15) is 0 Å². The number of methoxy groups -OCH3 is 1. The maximum atomic E-state index is 12.9. The minimum atomic E-state index is -0.274. The molecular weight excluding hydrogens is 546 g/mol. The zero-order valence-electron chi connectivity index (χ0n) is 25.4. The summed E-state index contributed by atoms with van der Waals surface area (Å²) in [6.45, 7) is 9.18. The lowest BCUT2D eigenvalue weighted by molar-refractivity contribution is 0.0674. The molecule has 2 unspecified atom stereocenters. The van der Waals surface area contributed by atoms with Gasteiger partial charge in [0.05, 0.1) is 31.6 Å². The lowest BCUT2D eigenvalue weighted by Gasteiger charge is -2.39. The number of piperazine rings is 1. The topological polar surface area (TPSA) is 105 Å². The molecule has 2 saturated heterocycles. The van der Waals surface area contributed by atoms with Crippen molar-refractivity contribution < 1.29 is 23.8 Å². The Morgan fingerprint density at radius 2 is 1.95 bits per heavy atom. The summed E-state index contributed by atoms with van der Waals surface area (Å²) in [4.78, 5) is 31.6. The number of fused-ring (bicyclic) bond motifs is 1. The number of benzene rings is 1. The number of carbonyl (C=O) groups excluding carboxylic acids is 2. The van der Waals surface area contributed by atoms with Crippen LogP contribution >= 0.6 is 0 Å². The number of ether oxygens (including phenoxy) is 3. The third-order valence-electron chi connectivity index (χ3n) is 8.14. The van der Waals surface area contributed by atoms with Crippen molar-refractivity contribution >= 4 is 18.1 Å². The van der Waals surface area contributed by atoms with Crippen LogP contribution in [-0.4, -0.2) is 93.1 Å². The minimum Gasteiger partial charge on any atom is -0.493 e. The van der Waals surface area contributed by atoms with Crippen molar-refractivity contribution in [1.29, 1.82) is 0 Å². The average molecular weight is 590 g/mol. The normalized spacial score (nSPS) is 22.4. The van der Waals surface area contributed by atoms with E-state index in [0.717, 1.165) is 43.0 Å². The number of hydrogen-bond donors (Lipinski definition) is 2. The van der Waals surface area contributed by atoms with Crippen LogP contribution < -0.4 is 15.5 Å². The molecule has 230 valence electrons. The molecule has 5 rings (SSSR count). The number of carbonyl (C=O) groups is 1. The van der Waals surface area contributed by atoms with E-state index >= 15 is 0 Å². The number of nitrogens with zero attached hydrogens (tertiary/aromatic N) is 3. The maximum absolute atomic E-state index is 12.9. The van der Waals surface area contributed by atoms with Crippen molar-refractivity contribution in [2.45, 2.75) is 51.7 Å². The SMILES string of the molecule is COC1=CC2=C(N3CCN(NC(=O)c4ccc(OC(C)C)cc4)CC3)C(=C=O)C=NC2C=C1OCCCC1CCCNC1. The Morgan fingerprint density at radius 3 is 2.63 bits per heavy atom. The molecule has 1 aromatic carbocycles. The smallest absolute Gasteiger partial charge is 0.265 e. The quantitative estimate of drug-likeness (QED) is 0.299. The number of hydrazine groups is 1. The van der Waals surface area contributed by atoms with Gasteiger partial charge in [-0.1, -0.05) is 0 Å². The van der Waals surface area contributed by atoms with Gasteiger partial charge < -0.3 is 24.4 Å². The molecule has 3 heterocycles. The van der Waals surface area contributed by atoms with Gasteiger partial charge in [0.1, 0.15) is 17.3 Å². The van der Waals surface area contributed by atoms with E-state index in [2.05, 4.69) is 26.6 Å². The first-order valence-electron chi connectivity index (χ1n) is 15.4. The summed E-state index contributed by atoms with van der Waals surface area (Å²) in [6.07, 6.45) is 10.2. The molecule has 1 aromatic rings. The summed E-state index contributed by atoms with van der Waals surface area (Å²) >= 11 is 0. The average Bonchev–Trinajstić information content (AvgIpc) is 3.03. The molecule has 1 amide bonds. The number of aliphatic imine (C=N–C) groups is 1. The number of hydrogen-bond acceptors (Lipinski definition) is 9. The van der Waals surface area contributed by atoms with Gasteiger partial charge in [0.25, 0.3) is 5.91 Å². The summed E-state index contributed by atoms with van der Waals surface area (Å²) in [5.74, 6) is 4.67. The van der Waals surface area contributed by atoms with Crippen LogP contribution in [0.5, 0.6) is 5.75 Å². The first-order chi connectivity index (χ1) is 20.9. The Kier molecular flexibility index (Phi) is 10.4. The zero-order chi connectivity index (χ0) is 30.2. The van der Waals surface area contributed by atoms with E-state index < -0.39 is 0 Å². The molecule has 43 heavy (non-hydrogen) atoms. The Bertz CT molecular complexity index is 1310. The van der Waals surface area contributed by atoms with E-state index in [1.807, 2.05) is 31.0 Å². The van der Waals surface area contributed by atoms with Crippen molar-refractivity contribution in [3.05, 3.63) is 70.3 Å². The number of amides is 1. The van der Waals surface area contributed by atoms with Crippen LogP contribution in [0.4, 0.5) is 0 Å². The highest BCUT2D eigenvalue weighted by Crippen LogP contribution is 2.34. The van der Waals surface area contributed by atoms with Gasteiger partial charge in [-0.05, 0) is 95.0 Å². The van der Waals surface area contributed by atoms with Crippen molar-refractivity contribution in [1.82, 2.24) is 20.7 Å². The van der Waals surface area contributed by atoms with Crippen LogP contribution in [0.15, 0.2) is 69.8 Å². The molecule has 0 spiro atoms. The number of allylic oxidation sites excluding steroid dienone is 1. The fourth-order valence-electron chi connectivity index (χ4n) is 5.95. The molecule has 10 heteroatoms. The predicted molar refractivity (Wildman–Crippen MR) is 165 cm³/mol. The standard InChI is InChI=1S/C33H43N5O5/c1-23(2)43-27-10-8-25(9-11-27)33(40)36-38-15-13-37(14-16-38)32-26(22-39)21-35-29-19-31(30(41-3)18-28(29)32)42-17-5-7-24-6-4-12-34-20-24/h8-11,18-19,21,23-24,29,34H,4-7,12-17,20H2,1-3H3,(H,36,40). The molecule has 2 N–H and O–H groups in total. The molecule has 2 fully saturated rings. The minimum absolute atomic E-state index is 0.0719. The van der Waals surface area contributed by atoms with Crippen LogP contribution in [-0.2, 0) is 14.3 Å². The summed E-state index contributed by atoms with van der Waals surface area (Å²) in [5, 5.41) is 5.39. The Hall–Kier alpha value is -3.85. The fourth-order valence-corrected chi connectivity index (χ4v) is 5.95. The van der Waals surface area contributed by atoms with E-state index in [1.165, 1.54) is 12.8 Å². The number of rotatable bonds is 11. The zero-order valence-corrected chi connectivity index (χ0v) is 25.4. The molecule has 10 nitrogen and oxygen atoms in total. The van der Waals surface area contributed by atoms with E-state index in [-0.39, 0.29) is 18.1 Å². The van der Waals surface area contributed by atoms with Crippen molar-refractivity contribution in [2.24, 2.45) is 10.9 Å².